The zero-order valence-electron chi connectivity index (χ0n) is 10.7. The second-order valence-corrected chi connectivity index (χ2v) is 4.68. The van der Waals surface area contributed by atoms with Crippen LogP contribution in [-0.2, 0) is 0 Å². The van der Waals surface area contributed by atoms with Crippen LogP contribution in [-0.4, -0.2) is 56.2 Å². The molecular weight excluding hydrogens is 233 g/mol. The molecule has 0 saturated carbocycles. The van der Waals surface area contributed by atoms with Crippen LogP contribution in [0.15, 0.2) is 18.2 Å². The molecule has 100 valence electrons. The minimum absolute atomic E-state index is 0.276. The van der Waals surface area contributed by atoms with Gasteiger partial charge in [-0.2, -0.15) is 0 Å². The molecule has 5 heteroatoms. The average molecular weight is 253 g/mol. The van der Waals surface area contributed by atoms with Gasteiger partial charge < -0.3 is 15.4 Å². The van der Waals surface area contributed by atoms with E-state index in [2.05, 4.69) is 16.8 Å². The standard InChI is InChI=1S/C13H20FN3O/c1-16-4-6-17(7-5-16)8-9-18-13-3-2-11(15)10-12(13)14/h2-3,10H,4-9,15H2,1H3. The van der Waals surface area contributed by atoms with Gasteiger partial charge in [-0.3, -0.25) is 4.90 Å². The molecule has 1 aliphatic heterocycles. The summed E-state index contributed by atoms with van der Waals surface area (Å²) in [5.41, 5.74) is 5.89. The van der Waals surface area contributed by atoms with E-state index in [1.165, 1.54) is 6.07 Å². The van der Waals surface area contributed by atoms with Crippen molar-refractivity contribution in [3.05, 3.63) is 24.0 Å². The van der Waals surface area contributed by atoms with Crippen LogP contribution in [0, 0.1) is 5.82 Å². The van der Waals surface area contributed by atoms with Crippen LogP contribution >= 0.6 is 0 Å². The Morgan fingerprint density at radius 3 is 2.67 bits per heavy atom. The largest absolute Gasteiger partial charge is 0.489 e. The highest BCUT2D eigenvalue weighted by Crippen LogP contribution is 2.19. The molecule has 0 unspecified atom stereocenters. The fraction of sp³-hybridized carbons (Fsp3) is 0.538. The lowest BCUT2D eigenvalue weighted by Gasteiger charge is -2.32. The Morgan fingerprint density at radius 2 is 2.00 bits per heavy atom. The van der Waals surface area contributed by atoms with Crippen LogP contribution in [0.25, 0.3) is 0 Å². The van der Waals surface area contributed by atoms with E-state index in [1.54, 1.807) is 12.1 Å². The van der Waals surface area contributed by atoms with Crippen LogP contribution in [0.3, 0.4) is 0 Å². The van der Waals surface area contributed by atoms with E-state index in [-0.39, 0.29) is 5.75 Å². The Morgan fingerprint density at radius 1 is 1.28 bits per heavy atom. The van der Waals surface area contributed by atoms with E-state index in [4.69, 9.17) is 10.5 Å². The molecule has 0 aliphatic carbocycles. The summed E-state index contributed by atoms with van der Waals surface area (Å²) in [7, 11) is 2.12. The summed E-state index contributed by atoms with van der Waals surface area (Å²) in [6.07, 6.45) is 0. The molecule has 4 nitrogen and oxygen atoms in total. The molecule has 1 aromatic carbocycles. The summed E-state index contributed by atoms with van der Waals surface area (Å²) in [6, 6.07) is 4.51. The van der Waals surface area contributed by atoms with Crippen molar-refractivity contribution in [2.75, 3.05) is 52.1 Å². The fourth-order valence-corrected chi connectivity index (χ4v) is 1.99. The van der Waals surface area contributed by atoms with E-state index in [1.807, 2.05) is 0 Å². The summed E-state index contributed by atoms with van der Waals surface area (Å²) in [5.74, 6) is -0.119. The van der Waals surface area contributed by atoms with Crippen molar-refractivity contribution < 1.29 is 9.13 Å². The second-order valence-electron chi connectivity index (χ2n) is 4.68. The Balaban J connectivity index is 1.75. The third-order valence-corrected chi connectivity index (χ3v) is 3.22. The minimum atomic E-state index is -0.395. The van der Waals surface area contributed by atoms with E-state index in [0.717, 1.165) is 32.7 Å². The Kier molecular flexibility index (Phi) is 4.38. The average Bonchev–Trinajstić information content (AvgIpc) is 2.34. The summed E-state index contributed by atoms with van der Waals surface area (Å²) in [5, 5.41) is 0. The topological polar surface area (TPSA) is 41.7 Å². The summed E-state index contributed by atoms with van der Waals surface area (Å²) >= 11 is 0. The lowest BCUT2D eigenvalue weighted by atomic mass is 10.3. The number of likely N-dealkylation sites (N-methyl/N-ethyl adjacent to an activating group) is 1. The zero-order chi connectivity index (χ0) is 13.0. The number of ether oxygens (including phenoxy) is 1. The highest BCUT2D eigenvalue weighted by molar-refractivity contribution is 5.42. The van der Waals surface area contributed by atoms with Gasteiger partial charge in [-0.15, -0.1) is 0 Å². The summed E-state index contributed by atoms with van der Waals surface area (Å²) in [4.78, 5) is 4.63. The van der Waals surface area contributed by atoms with Gasteiger partial charge in [-0.1, -0.05) is 0 Å². The first-order valence-electron chi connectivity index (χ1n) is 6.24. The first kappa shape index (κ1) is 13.1. The molecule has 1 saturated heterocycles. The number of hydrogen-bond acceptors (Lipinski definition) is 4. The molecule has 0 atom stereocenters. The Hall–Kier alpha value is -1.33. The first-order chi connectivity index (χ1) is 8.65. The van der Waals surface area contributed by atoms with Gasteiger partial charge in [-0.05, 0) is 19.2 Å². The van der Waals surface area contributed by atoms with E-state index in [0.29, 0.717) is 12.3 Å². The maximum Gasteiger partial charge on any atom is 0.167 e. The van der Waals surface area contributed by atoms with Crippen LogP contribution < -0.4 is 10.5 Å². The van der Waals surface area contributed by atoms with Crippen LogP contribution in [0.5, 0.6) is 5.75 Å². The van der Waals surface area contributed by atoms with Gasteiger partial charge in [0, 0.05) is 44.5 Å². The van der Waals surface area contributed by atoms with Gasteiger partial charge in [0.2, 0.25) is 0 Å². The normalized spacial score (nSPS) is 17.9. The molecule has 18 heavy (non-hydrogen) atoms. The van der Waals surface area contributed by atoms with Gasteiger partial charge in [0.15, 0.2) is 11.6 Å². The highest BCUT2D eigenvalue weighted by Gasteiger charge is 2.13. The molecular formula is C13H20FN3O. The van der Waals surface area contributed by atoms with Crippen molar-refractivity contribution in [3.8, 4) is 5.75 Å². The number of halogens is 1. The van der Waals surface area contributed by atoms with Gasteiger partial charge in [-0.25, -0.2) is 4.39 Å². The van der Waals surface area contributed by atoms with Gasteiger partial charge in [0.1, 0.15) is 6.61 Å². The van der Waals surface area contributed by atoms with E-state index in [9.17, 15) is 4.39 Å². The van der Waals surface area contributed by atoms with Gasteiger partial charge >= 0.3 is 0 Å². The van der Waals surface area contributed by atoms with E-state index < -0.39 is 5.82 Å². The van der Waals surface area contributed by atoms with Crippen molar-refractivity contribution in [3.63, 3.8) is 0 Å². The van der Waals surface area contributed by atoms with Crippen molar-refractivity contribution in [2.45, 2.75) is 0 Å². The molecule has 0 aromatic heterocycles. The molecule has 2 rings (SSSR count). The number of benzene rings is 1. The predicted octanol–water partition coefficient (Wildman–Crippen LogP) is 1.03. The van der Waals surface area contributed by atoms with Crippen LogP contribution in [0.1, 0.15) is 0 Å². The molecule has 1 fully saturated rings. The number of nitrogens with zero attached hydrogens (tertiary/aromatic N) is 2. The molecule has 2 N–H and O–H groups in total. The maximum absolute atomic E-state index is 13.4. The predicted molar refractivity (Wildman–Crippen MR) is 70.2 cm³/mol. The molecule has 0 radical (unpaired) electrons. The SMILES string of the molecule is CN1CCN(CCOc2ccc(N)cc2F)CC1. The molecule has 1 aliphatic rings. The quantitative estimate of drug-likeness (QED) is 0.814. The number of hydrogen-bond donors (Lipinski definition) is 1. The lowest BCUT2D eigenvalue weighted by Crippen LogP contribution is -2.45. The van der Waals surface area contributed by atoms with Gasteiger partial charge in [0.05, 0.1) is 0 Å². The molecule has 1 heterocycles. The van der Waals surface area contributed by atoms with Gasteiger partial charge in [0.25, 0.3) is 0 Å². The number of rotatable bonds is 4. The summed E-state index contributed by atoms with van der Waals surface area (Å²) in [6.45, 7) is 5.59. The van der Waals surface area contributed by atoms with Crippen LogP contribution in [0.4, 0.5) is 10.1 Å². The molecule has 0 amide bonds. The van der Waals surface area contributed by atoms with Crippen molar-refractivity contribution in [2.24, 2.45) is 0 Å². The third kappa shape index (κ3) is 3.58. The zero-order valence-corrected chi connectivity index (χ0v) is 10.7. The monoisotopic (exact) mass is 253 g/mol. The molecule has 1 aromatic rings. The minimum Gasteiger partial charge on any atom is -0.489 e. The fourth-order valence-electron chi connectivity index (χ4n) is 1.99. The third-order valence-electron chi connectivity index (χ3n) is 3.22. The Bertz CT molecular complexity index is 392. The number of piperazine rings is 1. The second kappa shape index (κ2) is 6.02. The van der Waals surface area contributed by atoms with E-state index >= 15 is 0 Å². The smallest absolute Gasteiger partial charge is 0.167 e. The number of nitrogen functional groups attached to an aromatic ring is 1. The Labute approximate surface area is 107 Å². The maximum atomic E-state index is 13.4. The molecule has 0 spiro atoms. The van der Waals surface area contributed by atoms with Crippen molar-refractivity contribution in [1.29, 1.82) is 0 Å². The first-order valence-corrected chi connectivity index (χ1v) is 6.24. The van der Waals surface area contributed by atoms with Crippen molar-refractivity contribution >= 4 is 5.69 Å². The number of nitrogens with two attached hydrogens (primary N) is 1. The highest BCUT2D eigenvalue weighted by atomic mass is 19.1. The lowest BCUT2D eigenvalue weighted by molar-refractivity contribution is 0.132. The number of anilines is 1. The molecule has 0 bridgehead atoms. The van der Waals surface area contributed by atoms with Crippen LogP contribution in [0.2, 0.25) is 0 Å². The van der Waals surface area contributed by atoms with Crippen molar-refractivity contribution in [1.82, 2.24) is 9.80 Å². The summed E-state index contributed by atoms with van der Waals surface area (Å²) < 4.78 is 18.9.